The van der Waals surface area contributed by atoms with Crippen LogP contribution in [0.25, 0.3) is 0 Å². The average molecular weight is 330 g/mol. The summed E-state index contributed by atoms with van der Waals surface area (Å²) in [5.74, 6) is 0. The van der Waals surface area contributed by atoms with Crippen LogP contribution in [0.15, 0.2) is 30.3 Å². The van der Waals surface area contributed by atoms with Crippen LogP contribution in [0.1, 0.15) is 20.3 Å². The summed E-state index contributed by atoms with van der Waals surface area (Å²) in [5.41, 5.74) is 6.30. The summed E-state index contributed by atoms with van der Waals surface area (Å²) < 4.78 is 0. The van der Waals surface area contributed by atoms with E-state index in [4.69, 9.17) is 5.73 Å². The van der Waals surface area contributed by atoms with Crippen molar-refractivity contribution < 1.29 is 4.79 Å². The SMILES string of the molecule is Br.CCCN(CC)CCN(C(N)=O)c1ccccc1. The molecule has 2 amide bonds. The highest BCUT2D eigenvalue weighted by Gasteiger charge is 2.12. The van der Waals surface area contributed by atoms with E-state index in [0.29, 0.717) is 6.54 Å². The molecule has 0 radical (unpaired) electrons. The van der Waals surface area contributed by atoms with Crippen LogP contribution in [0.4, 0.5) is 10.5 Å². The van der Waals surface area contributed by atoms with E-state index < -0.39 is 6.03 Å². The van der Waals surface area contributed by atoms with Crippen molar-refractivity contribution >= 4 is 28.7 Å². The number of amides is 2. The maximum absolute atomic E-state index is 11.5. The van der Waals surface area contributed by atoms with Crippen molar-refractivity contribution in [2.24, 2.45) is 5.73 Å². The highest BCUT2D eigenvalue weighted by molar-refractivity contribution is 8.93. The van der Waals surface area contributed by atoms with Crippen molar-refractivity contribution in [2.75, 3.05) is 31.1 Å². The van der Waals surface area contributed by atoms with E-state index in [1.807, 2.05) is 30.3 Å². The highest BCUT2D eigenvalue weighted by atomic mass is 79.9. The van der Waals surface area contributed by atoms with Crippen LogP contribution in [-0.4, -0.2) is 37.1 Å². The first-order chi connectivity index (χ1) is 8.69. The fourth-order valence-corrected chi connectivity index (χ4v) is 1.96. The van der Waals surface area contributed by atoms with Gasteiger partial charge in [0.15, 0.2) is 0 Å². The Morgan fingerprint density at radius 3 is 2.21 bits per heavy atom. The molecule has 0 unspecified atom stereocenters. The van der Waals surface area contributed by atoms with Crippen LogP contribution in [0.3, 0.4) is 0 Å². The number of hydrogen-bond acceptors (Lipinski definition) is 2. The first-order valence-electron chi connectivity index (χ1n) is 6.53. The van der Waals surface area contributed by atoms with E-state index in [-0.39, 0.29) is 17.0 Å². The smallest absolute Gasteiger partial charge is 0.319 e. The minimum absolute atomic E-state index is 0. The minimum Gasteiger partial charge on any atom is -0.351 e. The Kier molecular flexibility index (Phi) is 9.26. The number of halogens is 1. The van der Waals surface area contributed by atoms with Crippen LogP contribution in [0.5, 0.6) is 0 Å². The Bertz CT molecular complexity index is 359. The van der Waals surface area contributed by atoms with E-state index >= 15 is 0 Å². The molecule has 0 bridgehead atoms. The number of nitrogens with zero attached hydrogens (tertiary/aromatic N) is 2. The number of hydrogen-bond donors (Lipinski definition) is 1. The molecule has 0 spiro atoms. The Hall–Kier alpha value is -1.07. The van der Waals surface area contributed by atoms with Gasteiger partial charge in [-0.3, -0.25) is 4.90 Å². The third-order valence-electron chi connectivity index (χ3n) is 2.96. The number of urea groups is 1. The first kappa shape index (κ1) is 17.9. The monoisotopic (exact) mass is 329 g/mol. The largest absolute Gasteiger partial charge is 0.351 e. The average Bonchev–Trinajstić information content (AvgIpc) is 2.38. The molecule has 5 heteroatoms. The van der Waals surface area contributed by atoms with Crippen molar-refractivity contribution in [1.29, 1.82) is 0 Å². The number of para-hydroxylation sites is 1. The van der Waals surface area contributed by atoms with E-state index in [9.17, 15) is 4.79 Å². The van der Waals surface area contributed by atoms with Gasteiger partial charge in [0, 0.05) is 18.8 Å². The van der Waals surface area contributed by atoms with Gasteiger partial charge in [-0.2, -0.15) is 0 Å². The molecule has 0 heterocycles. The van der Waals surface area contributed by atoms with Gasteiger partial charge in [-0.05, 0) is 31.6 Å². The molecule has 0 aliphatic rings. The zero-order valence-electron chi connectivity index (χ0n) is 11.7. The topological polar surface area (TPSA) is 49.6 Å². The lowest BCUT2D eigenvalue weighted by Crippen LogP contribution is -2.41. The molecule has 2 N–H and O–H groups in total. The molecule has 0 fully saturated rings. The number of benzene rings is 1. The quantitative estimate of drug-likeness (QED) is 0.836. The Morgan fingerprint density at radius 2 is 1.74 bits per heavy atom. The molecule has 0 saturated heterocycles. The lowest BCUT2D eigenvalue weighted by Gasteiger charge is -2.25. The van der Waals surface area contributed by atoms with Gasteiger partial charge in [0.1, 0.15) is 0 Å². The van der Waals surface area contributed by atoms with E-state index in [1.54, 1.807) is 4.90 Å². The minimum atomic E-state index is -0.395. The van der Waals surface area contributed by atoms with Gasteiger partial charge in [0.2, 0.25) is 0 Å². The summed E-state index contributed by atoms with van der Waals surface area (Å²) in [4.78, 5) is 15.4. The van der Waals surface area contributed by atoms with Gasteiger partial charge in [-0.15, -0.1) is 17.0 Å². The molecule has 0 atom stereocenters. The molecule has 0 saturated carbocycles. The van der Waals surface area contributed by atoms with E-state index in [1.165, 1.54) is 0 Å². The molecule has 0 aliphatic carbocycles. The summed E-state index contributed by atoms with van der Waals surface area (Å²) in [5, 5.41) is 0. The normalized spacial score (nSPS) is 10.1. The summed E-state index contributed by atoms with van der Waals surface area (Å²) >= 11 is 0. The summed E-state index contributed by atoms with van der Waals surface area (Å²) in [7, 11) is 0. The highest BCUT2D eigenvalue weighted by Crippen LogP contribution is 2.12. The summed E-state index contributed by atoms with van der Waals surface area (Å²) in [6, 6.07) is 9.16. The molecular formula is C14H24BrN3O. The predicted octanol–water partition coefficient (Wildman–Crippen LogP) is 2.88. The Morgan fingerprint density at radius 1 is 1.11 bits per heavy atom. The lowest BCUT2D eigenvalue weighted by atomic mass is 10.3. The second kappa shape index (κ2) is 9.81. The number of carbonyl (C=O) groups excluding carboxylic acids is 1. The van der Waals surface area contributed by atoms with Crippen molar-refractivity contribution in [3.63, 3.8) is 0 Å². The molecule has 108 valence electrons. The third kappa shape index (κ3) is 6.07. The number of nitrogens with two attached hydrogens (primary N) is 1. The van der Waals surface area contributed by atoms with Gasteiger partial charge < -0.3 is 10.6 Å². The molecule has 1 aromatic carbocycles. The number of anilines is 1. The van der Waals surface area contributed by atoms with Crippen LogP contribution in [-0.2, 0) is 0 Å². The van der Waals surface area contributed by atoms with Crippen LogP contribution in [0, 0.1) is 0 Å². The number of primary amides is 1. The maximum atomic E-state index is 11.5. The molecule has 4 nitrogen and oxygen atoms in total. The molecule has 1 rings (SSSR count). The van der Waals surface area contributed by atoms with Crippen molar-refractivity contribution in [2.45, 2.75) is 20.3 Å². The molecule has 0 aromatic heterocycles. The van der Waals surface area contributed by atoms with Gasteiger partial charge in [0.25, 0.3) is 0 Å². The standard InChI is InChI=1S/C14H23N3O.BrH/c1-3-10-16(4-2)11-12-17(14(15)18)13-8-6-5-7-9-13;/h5-9H,3-4,10-12H2,1-2H3,(H2,15,18);1H. The van der Waals surface area contributed by atoms with Crippen LogP contribution in [0.2, 0.25) is 0 Å². The van der Waals surface area contributed by atoms with Crippen LogP contribution >= 0.6 is 17.0 Å². The second-order valence-electron chi connectivity index (χ2n) is 4.26. The van der Waals surface area contributed by atoms with Gasteiger partial charge in [-0.25, -0.2) is 4.79 Å². The van der Waals surface area contributed by atoms with Gasteiger partial charge in [0.05, 0.1) is 0 Å². The number of carbonyl (C=O) groups is 1. The number of rotatable bonds is 7. The molecule has 1 aromatic rings. The van der Waals surface area contributed by atoms with E-state index in [2.05, 4.69) is 18.7 Å². The maximum Gasteiger partial charge on any atom is 0.319 e. The zero-order chi connectivity index (χ0) is 13.4. The Balaban J connectivity index is 0.00000324. The molecular weight excluding hydrogens is 306 g/mol. The van der Waals surface area contributed by atoms with E-state index in [0.717, 1.165) is 31.7 Å². The van der Waals surface area contributed by atoms with Gasteiger partial charge >= 0.3 is 6.03 Å². The molecule has 0 aliphatic heterocycles. The second-order valence-corrected chi connectivity index (χ2v) is 4.26. The Labute approximate surface area is 126 Å². The van der Waals surface area contributed by atoms with Crippen LogP contribution < -0.4 is 10.6 Å². The van der Waals surface area contributed by atoms with Crippen molar-refractivity contribution in [3.05, 3.63) is 30.3 Å². The molecule has 19 heavy (non-hydrogen) atoms. The van der Waals surface area contributed by atoms with Gasteiger partial charge in [-0.1, -0.05) is 32.0 Å². The van der Waals surface area contributed by atoms with Crippen molar-refractivity contribution in [3.8, 4) is 0 Å². The van der Waals surface area contributed by atoms with Crippen molar-refractivity contribution in [1.82, 2.24) is 4.90 Å². The summed E-state index contributed by atoms with van der Waals surface area (Å²) in [6.07, 6.45) is 1.12. The zero-order valence-corrected chi connectivity index (χ0v) is 13.4. The summed E-state index contributed by atoms with van der Waals surface area (Å²) in [6.45, 7) is 7.82. The first-order valence-corrected chi connectivity index (χ1v) is 6.53. The fourth-order valence-electron chi connectivity index (χ4n) is 1.96. The third-order valence-corrected chi connectivity index (χ3v) is 2.96. The fraction of sp³-hybridized carbons (Fsp3) is 0.500. The number of likely N-dealkylation sites (N-methyl/N-ethyl adjacent to an activating group) is 1. The predicted molar refractivity (Wildman–Crippen MR) is 86.1 cm³/mol. The lowest BCUT2D eigenvalue weighted by molar-refractivity contribution is 0.250.